The van der Waals surface area contributed by atoms with Crippen molar-refractivity contribution in [2.75, 3.05) is 12.4 Å². The molecule has 1 heterocycles. The number of amides is 1. The Morgan fingerprint density at radius 1 is 1.13 bits per heavy atom. The third kappa shape index (κ3) is 8.53. The number of ether oxygens (including phenoxy) is 1. The fourth-order valence-electron chi connectivity index (χ4n) is 2.25. The van der Waals surface area contributed by atoms with Crippen LogP contribution in [0.2, 0.25) is 5.02 Å². The number of aromatic nitrogens is 2. The second kappa shape index (κ2) is 12.7. The minimum atomic E-state index is -0.199. The van der Waals surface area contributed by atoms with Crippen molar-refractivity contribution in [3.63, 3.8) is 0 Å². The smallest absolute Gasteiger partial charge is 0.250 e. The second-order valence-corrected chi connectivity index (χ2v) is 10.1. The van der Waals surface area contributed by atoms with Crippen LogP contribution in [0.15, 0.2) is 62.3 Å². The molecule has 1 N–H and O–H groups in total. The summed E-state index contributed by atoms with van der Waals surface area (Å²) in [5, 5.41) is 13.0. The summed E-state index contributed by atoms with van der Waals surface area (Å²) in [4.78, 5) is 12.0. The van der Waals surface area contributed by atoms with Crippen molar-refractivity contribution in [1.82, 2.24) is 15.6 Å². The van der Waals surface area contributed by atoms with E-state index in [1.807, 2.05) is 48.5 Å². The lowest BCUT2D eigenvalue weighted by Gasteiger charge is -2.03. The van der Waals surface area contributed by atoms with Crippen molar-refractivity contribution in [2.24, 2.45) is 5.10 Å². The summed E-state index contributed by atoms with van der Waals surface area (Å²) < 4.78 is 7.15. The van der Waals surface area contributed by atoms with Crippen molar-refractivity contribution in [2.45, 2.75) is 27.8 Å². The zero-order valence-electron chi connectivity index (χ0n) is 16.8. The highest BCUT2D eigenvalue weighted by atomic mass is 35.5. The largest absolute Gasteiger partial charge is 0.494 e. The zero-order valence-corrected chi connectivity index (χ0v) is 20.0. The van der Waals surface area contributed by atoms with Crippen LogP contribution in [0, 0.1) is 0 Å². The van der Waals surface area contributed by atoms with Gasteiger partial charge in [0.25, 0.3) is 5.91 Å². The molecule has 0 atom stereocenters. The lowest BCUT2D eigenvalue weighted by Crippen LogP contribution is -2.19. The normalized spacial score (nSPS) is 11.0. The van der Waals surface area contributed by atoms with Gasteiger partial charge >= 0.3 is 0 Å². The van der Waals surface area contributed by atoms with Gasteiger partial charge in [0.2, 0.25) is 0 Å². The van der Waals surface area contributed by atoms with Gasteiger partial charge in [0.1, 0.15) is 5.75 Å². The van der Waals surface area contributed by atoms with E-state index >= 15 is 0 Å². The number of nitrogens with zero attached hydrogens (tertiary/aromatic N) is 3. The third-order valence-corrected chi connectivity index (χ3v) is 7.26. The highest BCUT2D eigenvalue weighted by Gasteiger charge is 2.08. The Kier molecular flexibility index (Phi) is 9.67. The highest BCUT2D eigenvalue weighted by molar-refractivity contribution is 8.03. The van der Waals surface area contributed by atoms with Crippen molar-refractivity contribution in [1.29, 1.82) is 0 Å². The number of hydrogen-bond acceptors (Lipinski definition) is 8. The lowest BCUT2D eigenvalue weighted by atomic mass is 10.2. The van der Waals surface area contributed by atoms with Crippen LogP contribution in [-0.2, 0) is 10.5 Å². The maximum Gasteiger partial charge on any atom is 0.250 e. The molecule has 10 heteroatoms. The van der Waals surface area contributed by atoms with E-state index in [4.69, 9.17) is 16.3 Å². The highest BCUT2D eigenvalue weighted by Crippen LogP contribution is 2.30. The van der Waals surface area contributed by atoms with Gasteiger partial charge in [-0.1, -0.05) is 65.5 Å². The van der Waals surface area contributed by atoms with E-state index in [-0.39, 0.29) is 11.7 Å². The molecule has 6 nitrogen and oxygen atoms in total. The van der Waals surface area contributed by atoms with Crippen LogP contribution in [0.3, 0.4) is 0 Å². The molecule has 0 bridgehead atoms. The van der Waals surface area contributed by atoms with Crippen molar-refractivity contribution in [3.05, 3.63) is 64.7 Å². The van der Waals surface area contributed by atoms with Gasteiger partial charge in [0.05, 0.1) is 18.6 Å². The molecule has 0 aliphatic carbocycles. The Labute approximate surface area is 198 Å². The number of carbonyl (C=O) groups is 1. The predicted octanol–water partition coefficient (Wildman–Crippen LogP) is 5.52. The van der Waals surface area contributed by atoms with E-state index in [2.05, 4.69) is 27.6 Å². The first kappa shape index (κ1) is 23.6. The molecule has 31 heavy (non-hydrogen) atoms. The summed E-state index contributed by atoms with van der Waals surface area (Å²) in [6, 6.07) is 15.3. The number of thioether (sulfide) groups is 2. The number of benzene rings is 2. The molecule has 3 aromatic rings. The van der Waals surface area contributed by atoms with E-state index in [1.165, 1.54) is 28.7 Å². The summed E-state index contributed by atoms with van der Waals surface area (Å²) in [5.41, 5.74) is 4.57. The van der Waals surface area contributed by atoms with Crippen molar-refractivity contribution < 1.29 is 9.53 Å². The summed E-state index contributed by atoms with van der Waals surface area (Å²) in [7, 11) is 0. The van der Waals surface area contributed by atoms with Gasteiger partial charge in [-0.15, -0.1) is 10.2 Å². The van der Waals surface area contributed by atoms with Crippen LogP contribution >= 0.6 is 46.5 Å². The number of rotatable bonds is 11. The molecule has 3 rings (SSSR count). The average molecular weight is 493 g/mol. The Morgan fingerprint density at radius 3 is 2.55 bits per heavy atom. The molecule has 1 aromatic heterocycles. The topological polar surface area (TPSA) is 76.5 Å². The molecule has 0 unspecified atom stereocenters. The Hall–Kier alpha value is -2.07. The molecule has 0 radical (unpaired) electrons. The van der Waals surface area contributed by atoms with Crippen LogP contribution < -0.4 is 10.2 Å². The van der Waals surface area contributed by atoms with Crippen LogP contribution in [0.4, 0.5) is 0 Å². The SMILES string of the molecule is CCCOc1ccc(C=NNC(=O)CSc2nnc(SCc3ccc(Cl)cc3)s2)cc1. The summed E-state index contributed by atoms with van der Waals surface area (Å²) >= 11 is 10.3. The standard InChI is InChI=1S/C21H21ClN4O2S3/c1-2-11-28-18-9-5-15(6-10-18)12-23-24-19(27)14-30-21-26-25-20(31-21)29-13-16-3-7-17(22)8-4-16/h3-10,12H,2,11,13-14H2,1H3,(H,24,27). The number of hydrogen-bond donors (Lipinski definition) is 1. The fourth-order valence-corrected chi connectivity index (χ4v) is 5.14. The molecule has 2 aromatic carbocycles. The van der Waals surface area contributed by atoms with Gasteiger partial charge in [0, 0.05) is 10.8 Å². The molecule has 0 saturated heterocycles. The molecule has 0 saturated carbocycles. The molecule has 0 aliphatic rings. The number of carbonyl (C=O) groups excluding carboxylic acids is 1. The number of nitrogens with one attached hydrogen (secondary N) is 1. The van der Waals surface area contributed by atoms with Crippen LogP contribution in [0.1, 0.15) is 24.5 Å². The minimum Gasteiger partial charge on any atom is -0.494 e. The lowest BCUT2D eigenvalue weighted by molar-refractivity contribution is -0.118. The quantitative estimate of drug-likeness (QED) is 0.216. The summed E-state index contributed by atoms with van der Waals surface area (Å²) in [5.74, 6) is 1.63. The minimum absolute atomic E-state index is 0.199. The zero-order chi connectivity index (χ0) is 21.9. The van der Waals surface area contributed by atoms with Gasteiger partial charge < -0.3 is 4.74 Å². The summed E-state index contributed by atoms with van der Waals surface area (Å²) in [6.07, 6.45) is 2.57. The first-order valence-corrected chi connectivity index (χ1v) is 12.7. The maximum absolute atomic E-state index is 12.0. The van der Waals surface area contributed by atoms with E-state index in [1.54, 1.807) is 18.0 Å². The first-order valence-electron chi connectivity index (χ1n) is 9.50. The number of hydrazone groups is 1. The molecule has 0 fully saturated rings. The monoisotopic (exact) mass is 492 g/mol. The molecular formula is C21H21ClN4O2S3. The van der Waals surface area contributed by atoms with Crippen LogP contribution in [-0.4, -0.2) is 34.7 Å². The molecule has 1 amide bonds. The van der Waals surface area contributed by atoms with Gasteiger partial charge in [-0.3, -0.25) is 4.79 Å². The first-order chi connectivity index (χ1) is 15.1. The molecule has 0 spiro atoms. The fraction of sp³-hybridized carbons (Fsp3) is 0.238. The molecule has 0 aliphatic heterocycles. The molecular weight excluding hydrogens is 472 g/mol. The van der Waals surface area contributed by atoms with E-state index < -0.39 is 0 Å². The second-order valence-electron chi connectivity index (χ2n) is 6.25. The molecule has 162 valence electrons. The predicted molar refractivity (Wildman–Crippen MR) is 130 cm³/mol. The average Bonchev–Trinajstić information content (AvgIpc) is 3.25. The Balaban J connectivity index is 1.37. The Bertz CT molecular complexity index is 995. The van der Waals surface area contributed by atoms with Gasteiger partial charge in [-0.05, 0) is 53.9 Å². The van der Waals surface area contributed by atoms with Crippen LogP contribution in [0.5, 0.6) is 5.75 Å². The maximum atomic E-state index is 12.0. The van der Waals surface area contributed by atoms with Crippen molar-refractivity contribution in [3.8, 4) is 5.75 Å². The van der Waals surface area contributed by atoms with Crippen LogP contribution in [0.25, 0.3) is 0 Å². The van der Waals surface area contributed by atoms with Gasteiger partial charge in [-0.2, -0.15) is 5.10 Å². The van der Waals surface area contributed by atoms with E-state index in [9.17, 15) is 4.79 Å². The Morgan fingerprint density at radius 2 is 1.84 bits per heavy atom. The van der Waals surface area contributed by atoms with E-state index in [0.29, 0.717) is 6.61 Å². The third-order valence-electron chi connectivity index (χ3n) is 3.75. The van der Waals surface area contributed by atoms with Gasteiger partial charge in [-0.25, -0.2) is 5.43 Å². The summed E-state index contributed by atoms with van der Waals surface area (Å²) in [6.45, 7) is 2.76. The number of halogens is 1. The van der Waals surface area contributed by atoms with Crippen molar-refractivity contribution >= 4 is 58.6 Å². The van der Waals surface area contributed by atoms with Gasteiger partial charge in [0.15, 0.2) is 8.68 Å². The van der Waals surface area contributed by atoms with E-state index in [0.717, 1.165) is 37.2 Å².